The number of amides is 1. The molecule has 1 aliphatic carbocycles. The number of carbonyl (C=O) groups excluding carboxylic acids is 1. The summed E-state index contributed by atoms with van der Waals surface area (Å²) in [6, 6.07) is 6.81. The van der Waals surface area contributed by atoms with Crippen molar-refractivity contribution in [2.75, 3.05) is 6.54 Å². The molecule has 2 aliphatic rings. The van der Waals surface area contributed by atoms with Crippen LogP contribution in [0.3, 0.4) is 0 Å². The summed E-state index contributed by atoms with van der Waals surface area (Å²) in [6.45, 7) is 0.210. The Morgan fingerprint density at radius 1 is 1.25 bits per heavy atom. The summed E-state index contributed by atoms with van der Waals surface area (Å²) in [5, 5.41) is 4.26. The molecule has 7 nitrogen and oxygen atoms in total. The van der Waals surface area contributed by atoms with Crippen LogP contribution < -0.4 is 11.2 Å². The molecule has 1 aromatic rings. The van der Waals surface area contributed by atoms with Crippen LogP contribution >= 0.6 is 0 Å². The van der Waals surface area contributed by atoms with Crippen molar-refractivity contribution in [2.45, 2.75) is 49.5 Å². The van der Waals surface area contributed by atoms with Crippen molar-refractivity contribution in [3.8, 4) is 0 Å². The molecule has 8 heteroatoms. The number of hydrogen-bond acceptors (Lipinski definition) is 5. The van der Waals surface area contributed by atoms with Crippen molar-refractivity contribution in [3.63, 3.8) is 0 Å². The SMILES string of the molecule is NN(CCC(=O)NC1CCCCC1)C1=NS(=O)(=O)c2ccccc21. The van der Waals surface area contributed by atoms with Gasteiger partial charge in [-0.15, -0.1) is 4.40 Å². The molecule has 3 rings (SSSR count). The Morgan fingerprint density at radius 3 is 2.71 bits per heavy atom. The highest BCUT2D eigenvalue weighted by Gasteiger charge is 2.30. The molecule has 0 aromatic heterocycles. The zero-order chi connectivity index (χ0) is 17.2. The van der Waals surface area contributed by atoms with Crippen LogP contribution in [-0.2, 0) is 14.8 Å². The lowest BCUT2D eigenvalue weighted by atomic mass is 9.95. The molecule has 3 N–H and O–H groups in total. The first-order valence-corrected chi connectivity index (χ1v) is 9.67. The van der Waals surface area contributed by atoms with Gasteiger partial charge in [0.15, 0.2) is 5.84 Å². The van der Waals surface area contributed by atoms with E-state index < -0.39 is 10.0 Å². The van der Waals surface area contributed by atoms with Crippen LogP contribution in [0.4, 0.5) is 0 Å². The monoisotopic (exact) mass is 350 g/mol. The highest BCUT2D eigenvalue weighted by atomic mass is 32.2. The lowest BCUT2D eigenvalue weighted by molar-refractivity contribution is -0.122. The smallest absolute Gasteiger partial charge is 0.285 e. The minimum absolute atomic E-state index is 0.0629. The van der Waals surface area contributed by atoms with Gasteiger partial charge in [-0.25, -0.2) is 5.84 Å². The zero-order valence-electron chi connectivity index (χ0n) is 13.4. The predicted molar refractivity (Wildman–Crippen MR) is 90.7 cm³/mol. The van der Waals surface area contributed by atoms with E-state index in [0.29, 0.717) is 5.56 Å². The van der Waals surface area contributed by atoms with Gasteiger partial charge in [-0.05, 0) is 25.0 Å². The molecular formula is C16H22N4O3S. The molecule has 1 aromatic carbocycles. The number of nitrogens with one attached hydrogen (secondary N) is 1. The summed E-state index contributed by atoms with van der Waals surface area (Å²) in [6.07, 6.45) is 5.79. The molecule has 130 valence electrons. The van der Waals surface area contributed by atoms with Crippen molar-refractivity contribution >= 4 is 21.8 Å². The van der Waals surface area contributed by atoms with E-state index >= 15 is 0 Å². The van der Waals surface area contributed by atoms with Crippen LogP contribution in [0.1, 0.15) is 44.1 Å². The van der Waals surface area contributed by atoms with Crippen LogP contribution in [0, 0.1) is 0 Å². The fraction of sp³-hybridized carbons (Fsp3) is 0.500. The van der Waals surface area contributed by atoms with Crippen molar-refractivity contribution < 1.29 is 13.2 Å². The summed E-state index contributed by atoms with van der Waals surface area (Å²) in [7, 11) is -3.70. The summed E-state index contributed by atoms with van der Waals surface area (Å²) in [5.41, 5.74) is 0.479. The molecule has 24 heavy (non-hydrogen) atoms. The lowest BCUT2D eigenvalue weighted by Crippen LogP contribution is -2.42. The van der Waals surface area contributed by atoms with E-state index in [-0.39, 0.29) is 35.6 Å². The maximum Gasteiger partial charge on any atom is 0.285 e. The first kappa shape index (κ1) is 16.9. The third-order valence-electron chi connectivity index (χ3n) is 4.43. The van der Waals surface area contributed by atoms with Gasteiger partial charge in [0.1, 0.15) is 4.90 Å². The number of fused-ring (bicyclic) bond motifs is 1. The van der Waals surface area contributed by atoms with Crippen LogP contribution in [0.5, 0.6) is 0 Å². The van der Waals surface area contributed by atoms with E-state index in [9.17, 15) is 13.2 Å². The van der Waals surface area contributed by atoms with Gasteiger partial charge in [0.25, 0.3) is 10.0 Å². The topological polar surface area (TPSA) is 105 Å². The molecule has 0 spiro atoms. The Kier molecular flexibility index (Phi) is 4.86. The molecule has 1 aliphatic heterocycles. The van der Waals surface area contributed by atoms with Crippen molar-refractivity contribution in [1.29, 1.82) is 0 Å². The Balaban J connectivity index is 1.59. The van der Waals surface area contributed by atoms with Crippen LogP contribution in [0.15, 0.2) is 33.6 Å². The summed E-state index contributed by atoms with van der Waals surface area (Å²) in [4.78, 5) is 12.2. The number of nitrogens with zero attached hydrogens (tertiary/aromatic N) is 2. The normalized spacial score (nSPS) is 19.5. The minimum Gasteiger partial charge on any atom is -0.353 e. The fourth-order valence-corrected chi connectivity index (χ4v) is 4.39. The van der Waals surface area contributed by atoms with Crippen molar-refractivity contribution in [2.24, 2.45) is 10.2 Å². The van der Waals surface area contributed by atoms with Crippen molar-refractivity contribution in [1.82, 2.24) is 10.3 Å². The maximum atomic E-state index is 12.1. The van der Waals surface area contributed by atoms with E-state index in [1.165, 1.54) is 17.5 Å². The quantitative estimate of drug-likeness (QED) is 0.626. The Hall–Kier alpha value is -1.93. The minimum atomic E-state index is -3.70. The first-order valence-electron chi connectivity index (χ1n) is 8.23. The maximum absolute atomic E-state index is 12.1. The molecule has 1 fully saturated rings. The Labute approximate surface area is 142 Å². The molecule has 0 unspecified atom stereocenters. The molecular weight excluding hydrogens is 328 g/mol. The fourth-order valence-electron chi connectivity index (χ4n) is 3.17. The van der Waals surface area contributed by atoms with Gasteiger partial charge in [-0.3, -0.25) is 9.80 Å². The lowest BCUT2D eigenvalue weighted by Gasteiger charge is -2.23. The van der Waals surface area contributed by atoms with Gasteiger partial charge >= 0.3 is 0 Å². The van der Waals surface area contributed by atoms with Gasteiger partial charge in [-0.1, -0.05) is 31.4 Å². The van der Waals surface area contributed by atoms with E-state index in [1.807, 2.05) is 0 Å². The average Bonchev–Trinajstić information content (AvgIpc) is 2.86. The molecule has 1 saturated carbocycles. The molecule has 0 atom stereocenters. The van der Waals surface area contributed by atoms with Gasteiger partial charge in [0.05, 0.1) is 0 Å². The van der Waals surface area contributed by atoms with Gasteiger partial charge in [0, 0.05) is 24.6 Å². The van der Waals surface area contributed by atoms with E-state index in [0.717, 1.165) is 25.7 Å². The Morgan fingerprint density at radius 2 is 1.96 bits per heavy atom. The first-order chi connectivity index (χ1) is 11.5. The second-order valence-corrected chi connectivity index (χ2v) is 7.80. The second-order valence-electron chi connectivity index (χ2n) is 6.23. The summed E-state index contributed by atoms with van der Waals surface area (Å²) >= 11 is 0. The third kappa shape index (κ3) is 3.59. The second kappa shape index (κ2) is 6.90. The standard InChI is InChI=1S/C16H22N4O3S/c17-20(11-10-15(21)18-12-6-2-1-3-7-12)16-13-8-4-5-9-14(13)24(22,23)19-16/h4-5,8-9,12H,1-3,6-7,10-11,17H2,(H,18,21). The molecule has 0 bridgehead atoms. The Bertz CT molecular complexity index is 754. The summed E-state index contributed by atoms with van der Waals surface area (Å²) < 4.78 is 27.8. The number of sulfonamides is 1. The number of hydrogen-bond donors (Lipinski definition) is 2. The van der Waals surface area contributed by atoms with E-state index in [4.69, 9.17) is 5.84 Å². The van der Waals surface area contributed by atoms with Gasteiger partial charge in [-0.2, -0.15) is 8.42 Å². The number of hydrazine groups is 1. The highest BCUT2D eigenvalue weighted by Crippen LogP contribution is 2.26. The highest BCUT2D eigenvalue weighted by molar-refractivity contribution is 7.90. The molecule has 1 amide bonds. The third-order valence-corrected chi connectivity index (χ3v) is 5.76. The van der Waals surface area contributed by atoms with Crippen LogP contribution in [0.25, 0.3) is 0 Å². The van der Waals surface area contributed by atoms with Crippen LogP contribution in [0.2, 0.25) is 0 Å². The van der Waals surface area contributed by atoms with Gasteiger partial charge < -0.3 is 5.32 Å². The summed E-state index contributed by atoms with van der Waals surface area (Å²) in [5.74, 6) is 6.08. The van der Waals surface area contributed by atoms with Crippen LogP contribution in [-0.4, -0.2) is 37.8 Å². The van der Waals surface area contributed by atoms with Gasteiger partial charge in [0.2, 0.25) is 5.91 Å². The molecule has 0 saturated heterocycles. The largest absolute Gasteiger partial charge is 0.353 e. The molecule has 0 radical (unpaired) electrons. The average molecular weight is 350 g/mol. The number of benzene rings is 1. The molecule has 1 heterocycles. The zero-order valence-corrected chi connectivity index (χ0v) is 14.3. The van der Waals surface area contributed by atoms with Crippen molar-refractivity contribution in [3.05, 3.63) is 29.8 Å². The predicted octanol–water partition coefficient (Wildman–Crippen LogP) is 1.15. The number of carbonyl (C=O) groups is 1. The number of amidine groups is 1. The van der Waals surface area contributed by atoms with E-state index in [2.05, 4.69) is 9.71 Å². The number of nitrogens with two attached hydrogens (primary N) is 1. The van der Waals surface area contributed by atoms with E-state index in [1.54, 1.807) is 18.2 Å². The number of rotatable bonds is 4.